The van der Waals surface area contributed by atoms with Gasteiger partial charge in [-0.1, -0.05) is 24.3 Å². The van der Waals surface area contributed by atoms with Crippen LogP contribution in [0.3, 0.4) is 0 Å². The third kappa shape index (κ3) is 6.63. The molecule has 1 N–H and O–H groups in total. The number of carbonyl (C=O) groups is 2. The molecule has 32 heavy (non-hydrogen) atoms. The number of hydrogen-bond donors (Lipinski definition) is 1. The highest BCUT2D eigenvalue weighted by Crippen LogP contribution is 2.44. The first kappa shape index (κ1) is 25.0. The summed E-state index contributed by atoms with van der Waals surface area (Å²) in [5.41, 5.74) is -1.18. The van der Waals surface area contributed by atoms with Gasteiger partial charge in [-0.15, -0.1) is 0 Å². The van der Waals surface area contributed by atoms with Crippen LogP contribution in [0, 0.1) is 0 Å². The number of phenols is 1. The molecule has 174 valence electrons. The van der Waals surface area contributed by atoms with Crippen molar-refractivity contribution in [3.05, 3.63) is 58.7 Å². The fraction of sp³-hybridized carbons (Fsp3) is 0.391. The summed E-state index contributed by atoms with van der Waals surface area (Å²) in [7, 11) is 1.58. The molecule has 0 aromatic heterocycles. The van der Waals surface area contributed by atoms with Crippen LogP contribution in [0.5, 0.6) is 11.5 Å². The van der Waals surface area contributed by atoms with Crippen molar-refractivity contribution in [2.75, 3.05) is 7.05 Å². The van der Waals surface area contributed by atoms with Crippen LogP contribution in [0.15, 0.2) is 36.4 Å². The topological polar surface area (TPSA) is 76.1 Å². The van der Waals surface area contributed by atoms with Crippen LogP contribution < -0.4 is 4.74 Å². The highest BCUT2D eigenvalue weighted by molar-refractivity contribution is 5.97. The van der Waals surface area contributed by atoms with Crippen molar-refractivity contribution in [3.63, 3.8) is 0 Å². The van der Waals surface area contributed by atoms with Gasteiger partial charge >= 0.3 is 12.3 Å². The lowest BCUT2D eigenvalue weighted by Gasteiger charge is -2.24. The maximum Gasteiger partial charge on any atom is 0.423 e. The molecule has 6 nitrogen and oxygen atoms in total. The van der Waals surface area contributed by atoms with E-state index in [1.165, 1.54) is 4.90 Å². The Labute approximate surface area is 184 Å². The average molecular weight is 453 g/mol. The molecule has 9 heteroatoms. The number of hydrogen-bond acceptors (Lipinski definition) is 5. The van der Waals surface area contributed by atoms with Gasteiger partial charge in [-0.25, -0.2) is 4.79 Å². The predicted octanol–water partition coefficient (Wildman–Crippen LogP) is 5.56. The van der Waals surface area contributed by atoms with Gasteiger partial charge in [0, 0.05) is 13.6 Å². The molecule has 0 saturated heterocycles. The third-order valence-corrected chi connectivity index (χ3v) is 4.31. The van der Waals surface area contributed by atoms with E-state index in [1.807, 2.05) is 0 Å². The molecule has 0 aliphatic heterocycles. The first-order valence-electron chi connectivity index (χ1n) is 9.78. The van der Waals surface area contributed by atoms with Gasteiger partial charge in [0.25, 0.3) is 0 Å². The molecule has 1 amide bonds. The molecule has 2 aromatic rings. The molecule has 0 radical (unpaired) electrons. The Morgan fingerprint density at radius 3 is 2.25 bits per heavy atom. The Bertz CT molecular complexity index is 996. The van der Waals surface area contributed by atoms with Gasteiger partial charge in [-0.2, -0.15) is 13.2 Å². The standard InChI is InChI=1S/C23H26F3NO5/c1-14(28)17-9-10-18(19(20(17)29)23(24,25)26)31-13-16-8-6-7-15(11-16)12-27(5)21(30)32-22(2,3)4/h6-11,29H,12-13H2,1-5H3. The Morgan fingerprint density at radius 2 is 1.69 bits per heavy atom. The van der Waals surface area contributed by atoms with E-state index in [9.17, 15) is 27.9 Å². The maximum atomic E-state index is 13.5. The zero-order valence-electron chi connectivity index (χ0n) is 18.5. The monoisotopic (exact) mass is 453 g/mol. The number of phenolic OH excluding ortho intramolecular Hbond substituents is 1. The number of benzene rings is 2. The van der Waals surface area contributed by atoms with E-state index >= 15 is 0 Å². The second-order valence-electron chi connectivity index (χ2n) is 8.33. The second-order valence-corrected chi connectivity index (χ2v) is 8.33. The Hall–Kier alpha value is -3.23. The average Bonchev–Trinajstić information content (AvgIpc) is 2.63. The highest BCUT2D eigenvalue weighted by Gasteiger charge is 2.39. The zero-order chi connectivity index (χ0) is 24.3. The van der Waals surface area contributed by atoms with Gasteiger partial charge in [-0.3, -0.25) is 4.79 Å². The number of aromatic hydroxyl groups is 1. The lowest BCUT2D eigenvalue weighted by molar-refractivity contribution is -0.140. The van der Waals surface area contributed by atoms with Gasteiger partial charge in [0.1, 0.15) is 29.3 Å². The normalized spacial score (nSPS) is 11.8. The Kier molecular flexibility index (Phi) is 7.43. The summed E-state index contributed by atoms with van der Waals surface area (Å²) in [6, 6.07) is 8.91. The summed E-state index contributed by atoms with van der Waals surface area (Å²) in [4.78, 5) is 25.0. The maximum absolute atomic E-state index is 13.5. The highest BCUT2D eigenvalue weighted by atomic mass is 19.4. The summed E-state index contributed by atoms with van der Waals surface area (Å²) in [6.07, 6.45) is -5.42. The third-order valence-electron chi connectivity index (χ3n) is 4.31. The molecular formula is C23H26F3NO5. The molecular weight excluding hydrogens is 427 g/mol. The molecule has 0 saturated carbocycles. The lowest BCUT2D eigenvalue weighted by atomic mass is 10.0. The fourth-order valence-electron chi connectivity index (χ4n) is 2.91. The molecule has 0 aliphatic rings. The Balaban J connectivity index is 2.18. The van der Waals surface area contributed by atoms with Gasteiger partial charge < -0.3 is 19.5 Å². The minimum absolute atomic E-state index is 0.216. The summed E-state index contributed by atoms with van der Waals surface area (Å²) in [5, 5.41) is 9.98. The van der Waals surface area contributed by atoms with E-state index in [-0.39, 0.29) is 13.2 Å². The molecule has 0 fully saturated rings. The summed E-state index contributed by atoms with van der Waals surface area (Å²) < 4.78 is 51.1. The van der Waals surface area contributed by atoms with Gasteiger partial charge in [0.15, 0.2) is 5.78 Å². The van der Waals surface area contributed by atoms with Crippen molar-refractivity contribution in [2.24, 2.45) is 0 Å². The number of ketones is 1. The van der Waals surface area contributed by atoms with E-state index in [4.69, 9.17) is 9.47 Å². The van der Waals surface area contributed by atoms with E-state index in [2.05, 4.69) is 0 Å². The lowest BCUT2D eigenvalue weighted by Crippen LogP contribution is -2.33. The van der Waals surface area contributed by atoms with Crippen molar-refractivity contribution >= 4 is 11.9 Å². The summed E-state index contributed by atoms with van der Waals surface area (Å²) in [6.45, 7) is 6.35. The SMILES string of the molecule is CC(=O)c1ccc(OCc2cccc(CN(C)C(=O)OC(C)(C)C)c2)c(C(F)(F)F)c1O. The predicted molar refractivity (Wildman–Crippen MR) is 112 cm³/mol. The Morgan fingerprint density at radius 1 is 1.06 bits per heavy atom. The van der Waals surface area contributed by atoms with Crippen molar-refractivity contribution in [3.8, 4) is 11.5 Å². The number of Topliss-reactive ketones (excluding diaryl/α,β-unsaturated/α-hetero) is 1. The van der Waals surface area contributed by atoms with E-state index in [0.717, 1.165) is 24.6 Å². The summed E-state index contributed by atoms with van der Waals surface area (Å²) >= 11 is 0. The number of halogens is 3. The fourth-order valence-corrected chi connectivity index (χ4v) is 2.91. The minimum atomic E-state index is -4.91. The quantitative estimate of drug-likeness (QED) is 0.580. The van der Waals surface area contributed by atoms with Crippen LogP contribution >= 0.6 is 0 Å². The van der Waals surface area contributed by atoms with Crippen LogP contribution in [0.2, 0.25) is 0 Å². The van der Waals surface area contributed by atoms with Crippen molar-refractivity contribution in [2.45, 2.75) is 52.6 Å². The smallest absolute Gasteiger partial charge is 0.423 e. The molecule has 0 aliphatic carbocycles. The molecule has 2 aromatic carbocycles. The number of amides is 1. The first-order chi connectivity index (χ1) is 14.7. The summed E-state index contributed by atoms with van der Waals surface area (Å²) in [5.74, 6) is -2.44. The zero-order valence-corrected chi connectivity index (χ0v) is 18.5. The van der Waals surface area contributed by atoms with Crippen LogP contribution in [-0.2, 0) is 24.1 Å². The van der Waals surface area contributed by atoms with E-state index in [0.29, 0.717) is 5.56 Å². The molecule has 0 spiro atoms. The van der Waals surface area contributed by atoms with Gasteiger partial charge in [-0.05, 0) is 51.0 Å². The number of alkyl halides is 3. The van der Waals surface area contributed by atoms with Crippen LogP contribution in [0.4, 0.5) is 18.0 Å². The molecule has 0 heterocycles. The number of nitrogens with zero attached hydrogens (tertiary/aromatic N) is 1. The van der Waals surface area contributed by atoms with Crippen molar-refractivity contribution < 1.29 is 37.3 Å². The van der Waals surface area contributed by atoms with Gasteiger partial charge in [0.05, 0.1) is 5.56 Å². The molecule has 0 bridgehead atoms. The van der Waals surface area contributed by atoms with E-state index < -0.39 is 46.3 Å². The van der Waals surface area contributed by atoms with E-state index in [1.54, 1.807) is 52.1 Å². The van der Waals surface area contributed by atoms with Crippen LogP contribution in [-0.4, -0.2) is 34.5 Å². The molecule has 0 atom stereocenters. The minimum Gasteiger partial charge on any atom is -0.506 e. The van der Waals surface area contributed by atoms with Crippen LogP contribution in [0.25, 0.3) is 0 Å². The first-order valence-corrected chi connectivity index (χ1v) is 9.78. The number of rotatable bonds is 6. The van der Waals surface area contributed by atoms with Crippen molar-refractivity contribution in [1.82, 2.24) is 4.90 Å². The second kappa shape index (κ2) is 9.50. The number of ether oxygens (including phenoxy) is 2. The largest absolute Gasteiger partial charge is 0.506 e. The molecule has 0 unspecified atom stereocenters. The van der Waals surface area contributed by atoms with Gasteiger partial charge in [0.2, 0.25) is 0 Å². The van der Waals surface area contributed by atoms with Crippen LogP contribution in [0.1, 0.15) is 54.7 Å². The number of carbonyl (C=O) groups excluding carboxylic acids is 2. The van der Waals surface area contributed by atoms with Crippen molar-refractivity contribution in [1.29, 1.82) is 0 Å². The molecule has 2 rings (SSSR count).